The Bertz CT molecular complexity index is 1090. The number of likely N-dealkylation sites (N-methyl/N-ethyl adjacent to an activating group) is 2. The summed E-state index contributed by atoms with van der Waals surface area (Å²) in [5.41, 5.74) is 2.75. The van der Waals surface area contributed by atoms with E-state index in [-0.39, 0.29) is 17.7 Å². The van der Waals surface area contributed by atoms with Gasteiger partial charge in [0.15, 0.2) is 0 Å². The number of halogens is 3. The summed E-state index contributed by atoms with van der Waals surface area (Å²) in [7, 11) is 5.32. The lowest BCUT2D eigenvalue weighted by atomic mass is 9.74. The van der Waals surface area contributed by atoms with Crippen molar-refractivity contribution in [3.8, 4) is 0 Å². The van der Waals surface area contributed by atoms with Crippen molar-refractivity contribution >= 4 is 22.8 Å². The summed E-state index contributed by atoms with van der Waals surface area (Å²) in [5, 5.41) is 3.84. The van der Waals surface area contributed by atoms with Crippen molar-refractivity contribution in [1.29, 1.82) is 0 Å². The second kappa shape index (κ2) is 10.2. The highest BCUT2D eigenvalue weighted by Gasteiger charge is 2.45. The number of hydrogen-bond donors (Lipinski definition) is 1. The van der Waals surface area contributed by atoms with Crippen LogP contribution < -0.4 is 5.32 Å². The van der Waals surface area contributed by atoms with Gasteiger partial charge in [-0.2, -0.15) is 13.2 Å². The third-order valence-electron chi connectivity index (χ3n) is 7.35. The van der Waals surface area contributed by atoms with Gasteiger partial charge in [-0.1, -0.05) is 0 Å². The molecule has 2 aromatic rings. The van der Waals surface area contributed by atoms with Gasteiger partial charge < -0.3 is 24.3 Å². The zero-order chi connectivity index (χ0) is 25.3. The second-order valence-electron chi connectivity index (χ2n) is 9.53. The third-order valence-corrected chi connectivity index (χ3v) is 7.35. The van der Waals surface area contributed by atoms with Gasteiger partial charge >= 0.3 is 12.1 Å². The molecule has 4 rings (SSSR count). The number of rotatable bonds is 6. The maximum absolute atomic E-state index is 13.1. The zero-order valence-corrected chi connectivity index (χ0v) is 20.3. The van der Waals surface area contributed by atoms with Crippen molar-refractivity contribution in [3.05, 3.63) is 35.0 Å². The molecule has 1 aromatic carbocycles. The van der Waals surface area contributed by atoms with Crippen LogP contribution in [0, 0.1) is 11.8 Å². The van der Waals surface area contributed by atoms with E-state index in [4.69, 9.17) is 9.47 Å². The van der Waals surface area contributed by atoms with Gasteiger partial charge in [0.2, 0.25) is 0 Å². The lowest BCUT2D eigenvalue weighted by Crippen LogP contribution is -2.34. The van der Waals surface area contributed by atoms with Crippen LogP contribution in [0.2, 0.25) is 0 Å². The van der Waals surface area contributed by atoms with Crippen LogP contribution in [0.25, 0.3) is 10.9 Å². The number of hydrogen-bond acceptors (Lipinski definition) is 5. The molecular weight excluding hydrogens is 463 g/mol. The number of esters is 1. The summed E-state index contributed by atoms with van der Waals surface area (Å²) in [5.74, 6) is -1.97. The van der Waals surface area contributed by atoms with Gasteiger partial charge in [0.1, 0.15) is 6.10 Å². The summed E-state index contributed by atoms with van der Waals surface area (Å²) in [6.07, 6.45) is -3.42. The summed E-state index contributed by atoms with van der Waals surface area (Å²) in [6, 6.07) is 5.37. The first-order valence-corrected chi connectivity index (χ1v) is 12.0. The first-order valence-electron chi connectivity index (χ1n) is 12.0. The smallest absolute Gasteiger partial charge is 0.449 e. The number of aryl methyl sites for hydroxylation is 1. The Balaban J connectivity index is 1.74. The molecule has 1 aliphatic carbocycles. The van der Waals surface area contributed by atoms with Crippen molar-refractivity contribution < 1.29 is 32.2 Å². The largest absolute Gasteiger partial charge is 0.490 e. The van der Waals surface area contributed by atoms with Gasteiger partial charge in [-0.25, -0.2) is 4.79 Å². The molecule has 2 heterocycles. The predicted octanol–water partition coefficient (Wildman–Crippen LogP) is 3.61. The molecule has 1 aromatic heterocycles. The Hall–Kier alpha value is -2.59. The molecule has 0 spiro atoms. The summed E-state index contributed by atoms with van der Waals surface area (Å²) in [6.45, 7) is 2.44. The number of carbonyl (C=O) groups excluding carboxylic acids is 2. The first-order chi connectivity index (χ1) is 16.6. The molecule has 0 radical (unpaired) electrons. The highest BCUT2D eigenvalue weighted by atomic mass is 19.4. The monoisotopic (exact) mass is 495 g/mol. The molecule has 2 unspecified atom stereocenters. The van der Waals surface area contributed by atoms with Crippen LogP contribution in [0.1, 0.15) is 47.0 Å². The van der Waals surface area contributed by atoms with Crippen LogP contribution >= 0.6 is 0 Å². The van der Waals surface area contributed by atoms with Crippen LogP contribution in [0.3, 0.4) is 0 Å². The number of nitrogens with one attached hydrogen (secondary N) is 1. The second-order valence-corrected chi connectivity index (χ2v) is 9.53. The van der Waals surface area contributed by atoms with Crippen LogP contribution in [0.4, 0.5) is 13.2 Å². The molecule has 1 saturated heterocycles. The minimum absolute atomic E-state index is 0.0562. The molecule has 7 nitrogen and oxygen atoms in total. The maximum Gasteiger partial charge on any atom is 0.490 e. The minimum Gasteiger partial charge on any atom is -0.449 e. The number of carbonyl (C=O) groups is 2. The van der Waals surface area contributed by atoms with E-state index in [1.807, 2.05) is 19.2 Å². The lowest BCUT2D eigenvalue weighted by Gasteiger charge is -2.36. The van der Waals surface area contributed by atoms with Crippen molar-refractivity contribution in [2.24, 2.45) is 18.9 Å². The molecular formula is C25H32F3N3O4. The van der Waals surface area contributed by atoms with E-state index in [9.17, 15) is 22.8 Å². The van der Waals surface area contributed by atoms with Crippen LogP contribution in [0.5, 0.6) is 0 Å². The fraction of sp³-hybridized carbons (Fsp3) is 0.600. The molecule has 1 N–H and O–H groups in total. The normalized spacial score (nSPS) is 21.1. The van der Waals surface area contributed by atoms with E-state index in [0.717, 1.165) is 29.3 Å². The third kappa shape index (κ3) is 5.18. The Labute approximate surface area is 202 Å². The van der Waals surface area contributed by atoms with E-state index >= 15 is 0 Å². The van der Waals surface area contributed by atoms with Crippen LogP contribution in [-0.2, 0) is 27.7 Å². The number of benzene rings is 1. The van der Waals surface area contributed by atoms with Crippen molar-refractivity contribution in [1.82, 2.24) is 14.8 Å². The van der Waals surface area contributed by atoms with Crippen molar-refractivity contribution in [2.75, 3.05) is 40.4 Å². The fourth-order valence-electron chi connectivity index (χ4n) is 5.48. The van der Waals surface area contributed by atoms with Gasteiger partial charge in [-0.15, -0.1) is 0 Å². The van der Waals surface area contributed by atoms with Gasteiger partial charge in [-0.05, 0) is 68.3 Å². The van der Waals surface area contributed by atoms with E-state index in [1.54, 1.807) is 29.6 Å². The van der Waals surface area contributed by atoms with Gasteiger partial charge in [0.25, 0.3) is 5.91 Å². The molecule has 0 bridgehead atoms. The first kappa shape index (κ1) is 25.5. The van der Waals surface area contributed by atoms with Gasteiger partial charge in [-0.3, -0.25) is 4.79 Å². The highest BCUT2D eigenvalue weighted by molar-refractivity contribution is 5.99. The molecule has 0 saturated carbocycles. The van der Waals surface area contributed by atoms with E-state index in [0.29, 0.717) is 50.4 Å². The number of ether oxygens (including phenoxy) is 2. The van der Waals surface area contributed by atoms with Gasteiger partial charge in [0, 0.05) is 56.9 Å². The topological polar surface area (TPSA) is 72.8 Å². The van der Waals surface area contributed by atoms with Crippen molar-refractivity contribution in [2.45, 2.75) is 38.0 Å². The van der Waals surface area contributed by atoms with E-state index < -0.39 is 18.2 Å². The Morgan fingerprint density at radius 1 is 1.23 bits per heavy atom. The Morgan fingerprint density at radius 2 is 1.94 bits per heavy atom. The van der Waals surface area contributed by atoms with Crippen LogP contribution in [0.15, 0.2) is 18.2 Å². The number of aromatic nitrogens is 1. The Morgan fingerprint density at radius 3 is 2.60 bits per heavy atom. The van der Waals surface area contributed by atoms with Gasteiger partial charge in [0.05, 0.1) is 5.69 Å². The summed E-state index contributed by atoms with van der Waals surface area (Å²) < 4.78 is 51.7. The quantitative estimate of drug-likeness (QED) is 0.620. The van der Waals surface area contributed by atoms with E-state index in [2.05, 4.69) is 5.32 Å². The molecule has 1 fully saturated rings. The van der Waals surface area contributed by atoms with Crippen molar-refractivity contribution in [3.63, 3.8) is 0 Å². The molecule has 35 heavy (non-hydrogen) atoms. The average Bonchev–Trinajstić information content (AvgIpc) is 3.13. The zero-order valence-electron chi connectivity index (χ0n) is 20.3. The standard InChI is InChI=1S/C25H32F3N3O4/c1-29-8-9-30(2)23(32)16-4-5-20-18(12-16)19-13-17(15-6-10-34-11-7-15)14-21(22(19)31(20)3)35-24(33)25(26,27)28/h4-5,12,15,17,21,29H,6-11,13-14H2,1-3H3. The minimum atomic E-state index is -5.06. The summed E-state index contributed by atoms with van der Waals surface area (Å²) >= 11 is 0. The predicted molar refractivity (Wildman–Crippen MR) is 124 cm³/mol. The number of fused-ring (bicyclic) bond motifs is 3. The number of alkyl halides is 3. The molecule has 1 aliphatic heterocycles. The molecule has 2 atom stereocenters. The molecule has 1 amide bonds. The average molecular weight is 496 g/mol. The molecule has 192 valence electrons. The lowest BCUT2D eigenvalue weighted by molar-refractivity contribution is -0.207. The maximum atomic E-state index is 13.1. The summed E-state index contributed by atoms with van der Waals surface area (Å²) in [4.78, 5) is 26.4. The van der Waals surface area contributed by atoms with Crippen LogP contribution in [-0.4, -0.2) is 67.9 Å². The Kier molecular flexibility index (Phi) is 7.42. The SMILES string of the molecule is CNCCN(C)C(=O)c1ccc2c(c1)c1c(n2C)C(OC(=O)C(F)(F)F)CC(C2CCOCC2)C1. The highest BCUT2D eigenvalue weighted by Crippen LogP contribution is 2.45. The van der Waals surface area contributed by atoms with E-state index in [1.165, 1.54) is 0 Å². The number of nitrogens with zero attached hydrogens (tertiary/aromatic N) is 2. The molecule has 2 aliphatic rings. The molecule has 10 heteroatoms. The fourth-order valence-corrected chi connectivity index (χ4v) is 5.48. The number of amides is 1.